The molecule has 1 aliphatic heterocycles. The maximum atomic E-state index is 12.9. The van der Waals surface area contributed by atoms with Crippen molar-refractivity contribution in [3.05, 3.63) is 59.7 Å². The highest BCUT2D eigenvalue weighted by Gasteiger charge is 2.31. The van der Waals surface area contributed by atoms with Crippen LogP contribution in [0, 0.1) is 0 Å². The van der Waals surface area contributed by atoms with Crippen molar-refractivity contribution in [3.8, 4) is 11.5 Å². The van der Waals surface area contributed by atoms with Gasteiger partial charge in [-0.2, -0.15) is 13.2 Å². The molecule has 0 amide bonds. The van der Waals surface area contributed by atoms with Crippen LogP contribution in [-0.2, 0) is 6.61 Å². The van der Waals surface area contributed by atoms with E-state index in [0.717, 1.165) is 37.3 Å². The molecule has 1 heterocycles. The Kier molecular flexibility index (Phi) is 9.27. The van der Waals surface area contributed by atoms with Crippen molar-refractivity contribution in [2.45, 2.75) is 31.7 Å². The Morgan fingerprint density at radius 1 is 1.03 bits per heavy atom. The van der Waals surface area contributed by atoms with E-state index in [4.69, 9.17) is 9.47 Å². The molecule has 4 nitrogen and oxygen atoms in total. The lowest BCUT2D eigenvalue weighted by Crippen LogP contribution is -2.45. The molecule has 1 saturated heterocycles. The number of hydrogen-bond donors (Lipinski definition) is 1. The predicted octanol–water partition coefficient (Wildman–Crippen LogP) is 4.98. The molecule has 166 valence electrons. The molecule has 1 atom stereocenters. The molecular formula is C22H28ClF3N2O2. The van der Waals surface area contributed by atoms with Gasteiger partial charge in [-0.3, -0.25) is 4.90 Å². The second-order valence-corrected chi connectivity index (χ2v) is 7.14. The first-order chi connectivity index (χ1) is 14.0. The Labute approximate surface area is 181 Å². The number of nitrogens with zero attached hydrogens (tertiary/aromatic N) is 1. The summed E-state index contributed by atoms with van der Waals surface area (Å²) in [5.41, 5.74) is 1.83. The molecular weight excluding hydrogens is 417 g/mol. The summed E-state index contributed by atoms with van der Waals surface area (Å²) < 4.78 is 50.1. The van der Waals surface area contributed by atoms with Crippen LogP contribution in [0.25, 0.3) is 0 Å². The third-order valence-electron chi connectivity index (χ3n) is 5.10. The zero-order valence-electron chi connectivity index (χ0n) is 17.0. The predicted molar refractivity (Wildman–Crippen MR) is 113 cm³/mol. The molecule has 2 aromatic carbocycles. The van der Waals surface area contributed by atoms with Crippen molar-refractivity contribution in [3.63, 3.8) is 0 Å². The van der Waals surface area contributed by atoms with Crippen LogP contribution in [0.2, 0.25) is 0 Å². The van der Waals surface area contributed by atoms with E-state index < -0.39 is 12.6 Å². The van der Waals surface area contributed by atoms with Crippen LogP contribution in [0.3, 0.4) is 0 Å². The van der Waals surface area contributed by atoms with Crippen molar-refractivity contribution in [1.82, 2.24) is 10.2 Å². The number of methoxy groups -OCH3 is 1. The summed E-state index contributed by atoms with van der Waals surface area (Å²) in [7, 11) is 1.56. The smallest absolute Gasteiger partial charge is 0.389 e. The molecule has 8 heteroatoms. The molecule has 0 unspecified atom stereocenters. The standard InChI is InChI=1S/C22H27F3N2O2.ClH/c1-28-20-8-7-18(15-21(20)29-16-17-5-3-2-4-6-17)19(9-10-22(23,24)25)27-13-11-26-12-14-27;/h2-8,15,19,26H,9-14,16H2,1H3;1H/t19-;/m1./s1. The van der Waals surface area contributed by atoms with Crippen molar-refractivity contribution >= 4 is 12.4 Å². The number of ether oxygens (including phenoxy) is 2. The minimum Gasteiger partial charge on any atom is -0.493 e. The first kappa shape index (κ1) is 24.3. The van der Waals surface area contributed by atoms with Crippen molar-refractivity contribution in [1.29, 1.82) is 0 Å². The molecule has 0 radical (unpaired) electrons. The number of hydrogen-bond acceptors (Lipinski definition) is 4. The summed E-state index contributed by atoms with van der Waals surface area (Å²) in [6.07, 6.45) is -4.97. The van der Waals surface area contributed by atoms with Crippen LogP contribution >= 0.6 is 12.4 Å². The van der Waals surface area contributed by atoms with Gasteiger partial charge in [0, 0.05) is 38.6 Å². The highest BCUT2D eigenvalue weighted by molar-refractivity contribution is 5.85. The normalized spacial score (nSPS) is 15.9. The van der Waals surface area contributed by atoms with Crippen molar-refractivity contribution in [2.24, 2.45) is 0 Å². The molecule has 1 N–H and O–H groups in total. The van der Waals surface area contributed by atoms with E-state index in [2.05, 4.69) is 10.2 Å². The molecule has 0 aromatic heterocycles. The Morgan fingerprint density at radius 2 is 1.73 bits per heavy atom. The summed E-state index contributed by atoms with van der Waals surface area (Å²) >= 11 is 0. The fraction of sp³-hybridized carbons (Fsp3) is 0.455. The van der Waals surface area contributed by atoms with Crippen LogP contribution in [0.15, 0.2) is 48.5 Å². The lowest BCUT2D eigenvalue weighted by molar-refractivity contribution is -0.138. The molecule has 0 spiro atoms. The number of alkyl halides is 3. The number of rotatable bonds is 8. The van der Waals surface area contributed by atoms with Gasteiger partial charge in [-0.05, 0) is 29.7 Å². The van der Waals surface area contributed by atoms with Gasteiger partial charge >= 0.3 is 6.18 Å². The molecule has 0 aliphatic carbocycles. The quantitative estimate of drug-likeness (QED) is 0.622. The van der Waals surface area contributed by atoms with Crippen LogP contribution < -0.4 is 14.8 Å². The maximum absolute atomic E-state index is 12.9. The topological polar surface area (TPSA) is 33.7 Å². The zero-order chi connectivity index (χ0) is 20.7. The maximum Gasteiger partial charge on any atom is 0.389 e. The molecule has 2 aromatic rings. The van der Waals surface area contributed by atoms with E-state index >= 15 is 0 Å². The van der Waals surface area contributed by atoms with E-state index in [0.29, 0.717) is 18.1 Å². The van der Waals surface area contributed by atoms with Gasteiger partial charge in [0.25, 0.3) is 0 Å². The van der Waals surface area contributed by atoms with Gasteiger partial charge in [-0.1, -0.05) is 36.4 Å². The van der Waals surface area contributed by atoms with Gasteiger partial charge in [0.2, 0.25) is 0 Å². The van der Waals surface area contributed by atoms with Crippen molar-refractivity contribution < 1.29 is 22.6 Å². The SMILES string of the molecule is COc1ccc([C@@H](CCC(F)(F)F)N2CCNCC2)cc1OCc1ccccc1.Cl. The molecule has 1 aliphatic rings. The second-order valence-electron chi connectivity index (χ2n) is 7.14. The number of nitrogens with one attached hydrogen (secondary N) is 1. The third kappa shape index (κ3) is 7.07. The summed E-state index contributed by atoms with van der Waals surface area (Å²) in [4.78, 5) is 2.12. The highest BCUT2D eigenvalue weighted by Crippen LogP contribution is 2.36. The second kappa shape index (κ2) is 11.4. The van der Waals surface area contributed by atoms with Crippen LogP contribution in [0.5, 0.6) is 11.5 Å². The fourth-order valence-electron chi connectivity index (χ4n) is 3.60. The molecule has 1 fully saturated rings. The van der Waals surface area contributed by atoms with Crippen molar-refractivity contribution in [2.75, 3.05) is 33.3 Å². The van der Waals surface area contributed by atoms with Gasteiger partial charge in [-0.15, -0.1) is 12.4 Å². The molecule has 3 rings (SSSR count). The van der Waals surface area contributed by atoms with E-state index in [1.807, 2.05) is 42.5 Å². The van der Waals surface area contributed by atoms with E-state index in [-0.39, 0.29) is 24.9 Å². The van der Waals surface area contributed by atoms with E-state index in [9.17, 15) is 13.2 Å². The number of benzene rings is 2. The summed E-state index contributed by atoms with van der Waals surface area (Å²) in [6.45, 7) is 3.34. The first-order valence-corrected chi connectivity index (χ1v) is 9.82. The summed E-state index contributed by atoms with van der Waals surface area (Å²) in [5, 5.41) is 3.25. The molecule has 0 saturated carbocycles. The number of halogens is 4. The minimum absolute atomic E-state index is 0. The van der Waals surface area contributed by atoms with Gasteiger partial charge in [0.15, 0.2) is 11.5 Å². The van der Waals surface area contributed by atoms with Crippen LogP contribution in [0.1, 0.15) is 30.0 Å². The summed E-state index contributed by atoms with van der Waals surface area (Å²) in [6, 6.07) is 14.9. The lowest BCUT2D eigenvalue weighted by Gasteiger charge is -2.35. The Bertz CT molecular complexity index is 769. The average molecular weight is 445 g/mol. The Morgan fingerprint density at radius 3 is 2.37 bits per heavy atom. The van der Waals surface area contributed by atoms with Crippen LogP contribution in [0.4, 0.5) is 13.2 Å². The Hall–Kier alpha value is -1.96. The minimum atomic E-state index is -4.18. The fourth-order valence-corrected chi connectivity index (χ4v) is 3.60. The highest BCUT2D eigenvalue weighted by atomic mass is 35.5. The van der Waals surface area contributed by atoms with E-state index in [1.165, 1.54) is 0 Å². The average Bonchev–Trinajstić information content (AvgIpc) is 2.73. The third-order valence-corrected chi connectivity index (χ3v) is 5.10. The van der Waals surface area contributed by atoms with Gasteiger partial charge in [-0.25, -0.2) is 0 Å². The number of piperazine rings is 1. The van der Waals surface area contributed by atoms with Gasteiger partial charge < -0.3 is 14.8 Å². The lowest BCUT2D eigenvalue weighted by atomic mass is 9.98. The van der Waals surface area contributed by atoms with E-state index in [1.54, 1.807) is 13.2 Å². The first-order valence-electron chi connectivity index (χ1n) is 9.82. The van der Waals surface area contributed by atoms with Gasteiger partial charge in [0.1, 0.15) is 6.61 Å². The van der Waals surface area contributed by atoms with Crippen LogP contribution in [-0.4, -0.2) is 44.4 Å². The zero-order valence-corrected chi connectivity index (χ0v) is 17.8. The largest absolute Gasteiger partial charge is 0.493 e. The molecule has 30 heavy (non-hydrogen) atoms. The molecule has 0 bridgehead atoms. The summed E-state index contributed by atoms with van der Waals surface area (Å²) in [5.74, 6) is 1.11. The Balaban J connectivity index is 0.00000320. The monoisotopic (exact) mass is 444 g/mol. The van der Waals surface area contributed by atoms with Gasteiger partial charge in [0.05, 0.1) is 7.11 Å².